The minimum Gasteiger partial charge on any atom is -0.391 e. The van der Waals surface area contributed by atoms with Crippen molar-refractivity contribution in [2.45, 2.75) is 45.1 Å². The average Bonchev–Trinajstić information content (AvgIpc) is 3.02. The normalized spacial score (nSPS) is 18.9. The summed E-state index contributed by atoms with van der Waals surface area (Å²) in [6.07, 6.45) is 3.24. The SMILES string of the molecule is Cn1nnnc1C(c1ccccc1)C(O)C(C)(C)CN1CCCCC1. The van der Waals surface area contributed by atoms with E-state index in [9.17, 15) is 5.11 Å². The first kappa shape index (κ1) is 18.0. The summed E-state index contributed by atoms with van der Waals surface area (Å²) < 4.78 is 1.66. The van der Waals surface area contributed by atoms with Crippen molar-refractivity contribution >= 4 is 0 Å². The minimum atomic E-state index is -0.582. The third-order valence-corrected chi connectivity index (χ3v) is 5.29. The molecule has 1 aliphatic heterocycles. The van der Waals surface area contributed by atoms with Crippen molar-refractivity contribution in [3.63, 3.8) is 0 Å². The number of rotatable bonds is 6. The molecule has 2 heterocycles. The molecule has 1 N–H and O–H groups in total. The average molecular weight is 343 g/mol. The molecule has 2 unspecified atom stereocenters. The van der Waals surface area contributed by atoms with E-state index < -0.39 is 6.10 Å². The first-order chi connectivity index (χ1) is 12.0. The Bertz CT molecular complexity index is 663. The molecule has 136 valence electrons. The highest BCUT2D eigenvalue weighted by molar-refractivity contribution is 5.27. The highest BCUT2D eigenvalue weighted by atomic mass is 16.3. The summed E-state index contributed by atoms with van der Waals surface area (Å²) in [7, 11) is 1.83. The highest BCUT2D eigenvalue weighted by Gasteiger charge is 2.39. The molecular formula is C19H29N5O. The Balaban J connectivity index is 1.88. The largest absolute Gasteiger partial charge is 0.391 e. The van der Waals surface area contributed by atoms with E-state index in [0.717, 1.165) is 25.2 Å². The zero-order chi connectivity index (χ0) is 17.9. The van der Waals surface area contributed by atoms with Crippen LogP contribution in [0.3, 0.4) is 0 Å². The van der Waals surface area contributed by atoms with Crippen molar-refractivity contribution in [2.75, 3.05) is 19.6 Å². The molecule has 2 atom stereocenters. The molecule has 1 aromatic carbocycles. The van der Waals surface area contributed by atoms with Crippen LogP contribution in [0.5, 0.6) is 0 Å². The Labute approximate surface area is 149 Å². The van der Waals surface area contributed by atoms with E-state index in [1.54, 1.807) is 4.68 Å². The highest BCUT2D eigenvalue weighted by Crippen LogP contribution is 2.36. The number of aryl methyl sites for hydroxylation is 1. The van der Waals surface area contributed by atoms with Gasteiger partial charge in [-0.05, 0) is 41.9 Å². The summed E-state index contributed by atoms with van der Waals surface area (Å²) in [6, 6.07) is 10.1. The van der Waals surface area contributed by atoms with E-state index >= 15 is 0 Å². The van der Waals surface area contributed by atoms with Gasteiger partial charge in [0.1, 0.15) is 0 Å². The lowest BCUT2D eigenvalue weighted by Gasteiger charge is -2.40. The summed E-state index contributed by atoms with van der Waals surface area (Å²) in [5.41, 5.74) is 0.767. The molecule has 6 heteroatoms. The third-order valence-electron chi connectivity index (χ3n) is 5.29. The van der Waals surface area contributed by atoms with Crippen molar-refractivity contribution in [3.05, 3.63) is 41.7 Å². The van der Waals surface area contributed by atoms with Crippen LogP contribution in [0.1, 0.15) is 50.4 Å². The Kier molecular flexibility index (Phi) is 5.49. The van der Waals surface area contributed by atoms with Gasteiger partial charge in [-0.1, -0.05) is 50.6 Å². The fraction of sp³-hybridized carbons (Fsp3) is 0.632. The predicted molar refractivity (Wildman–Crippen MR) is 97.2 cm³/mol. The second-order valence-electron chi connectivity index (χ2n) is 7.82. The molecule has 0 saturated carbocycles. The first-order valence-corrected chi connectivity index (χ1v) is 9.16. The van der Waals surface area contributed by atoms with Gasteiger partial charge in [0.25, 0.3) is 0 Å². The van der Waals surface area contributed by atoms with Gasteiger partial charge >= 0.3 is 0 Å². The minimum absolute atomic E-state index is 0.249. The van der Waals surface area contributed by atoms with Gasteiger partial charge in [0, 0.05) is 19.0 Å². The van der Waals surface area contributed by atoms with Gasteiger partial charge in [-0.15, -0.1) is 5.10 Å². The van der Waals surface area contributed by atoms with Crippen LogP contribution in [0.25, 0.3) is 0 Å². The van der Waals surface area contributed by atoms with Crippen LogP contribution in [-0.4, -0.2) is 56.0 Å². The Morgan fingerprint density at radius 2 is 1.80 bits per heavy atom. The molecule has 0 amide bonds. The van der Waals surface area contributed by atoms with Crippen LogP contribution in [0.4, 0.5) is 0 Å². The zero-order valence-electron chi connectivity index (χ0n) is 15.5. The topological polar surface area (TPSA) is 67.1 Å². The Morgan fingerprint density at radius 3 is 2.40 bits per heavy atom. The molecule has 6 nitrogen and oxygen atoms in total. The van der Waals surface area contributed by atoms with Crippen LogP contribution in [0.15, 0.2) is 30.3 Å². The molecule has 1 aromatic heterocycles. The van der Waals surface area contributed by atoms with Gasteiger partial charge in [0.15, 0.2) is 5.82 Å². The van der Waals surface area contributed by atoms with Crippen molar-refractivity contribution in [2.24, 2.45) is 12.5 Å². The fourth-order valence-corrected chi connectivity index (χ4v) is 3.87. The first-order valence-electron chi connectivity index (χ1n) is 9.16. The lowest BCUT2D eigenvalue weighted by Crippen LogP contribution is -2.46. The van der Waals surface area contributed by atoms with Gasteiger partial charge in [0.2, 0.25) is 0 Å². The predicted octanol–water partition coefficient (Wildman–Crippen LogP) is 2.21. The zero-order valence-corrected chi connectivity index (χ0v) is 15.5. The molecule has 0 radical (unpaired) electrons. The molecule has 0 aliphatic carbocycles. The number of aliphatic hydroxyl groups is 1. The van der Waals surface area contributed by atoms with Gasteiger partial charge in [0.05, 0.1) is 12.0 Å². The van der Waals surface area contributed by atoms with Gasteiger partial charge in [-0.2, -0.15) is 0 Å². The van der Waals surface area contributed by atoms with E-state index in [0.29, 0.717) is 5.82 Å². The number of aromatic nitrogens is 4. The number of aliphatic hydroxyl groups excluding tert-OH is 1. The summed E-state index contributed by atoms with van der Waals surface area (Å²) in [5, 5.41) is 23.4. The molecule has 2 aromatic rings. The molecular weight excluding hydrogens is 314 g/mol. The molecule has 1 fully saturated rings. The maximum Gasteiger partial charge on any atom is 0.160 e. The van der Waals surface area contributed by atoms with E-state index in [4.69, 9.17) is 0 Å². The lowest BCUT2D eigenvalue weighted by molar-refractivity contribution is 0.00494. The smallest absolute Gasteiger partial charge is 0.160 e. The molecule has 0 spiro atoms. The number of hydrogen-bond donors (Lipinski definition) is 1. The van der Waals surface area contributed by atoms with Crippen molar-refractivity contribution in [1.29, 1.82) is 0 Å². The van der Waals surface area contributed by atoms with E-state index in [-0.39, 0.29) is 11.3 Å². The molecule has 1 aliphatic rings. The van der Waals surface area contributed by atoms with Crippen molar-refractivity contribution < 1.29 is 5.11 Å². The quantitative estimate of drug-likeness (QED) is 0.871. The Morgan fingerprint density at radius 1 is 1.12 bits per heavy atom. The number of hydrogen-bond acceptors (Lipinski definition) is 5. The second kappa shape index (κ2) is 7.62. The van der Waals surface area contributed by atoms with Gasteiger partial charge in [-0.3, -0.25) is 0 Å². The standard InChI is InChI=1S/C19H29N5O/c1-19(2,14-24-12-8-5-9-13-24)17(25)16(15-10-6-4-7-11-15)18-20-21-22-23(18)3/h4,6-7,10-11,16-17,25H,5,8-9,12-14H2,1-3H3. The van der Waals surface area contributed by atoms with Crippen LogP contribution in [0.2, 0.25) is 0 Å². The summed E-state index contributed by atoms with van der Waals surface area (Å²) >= 11 is 0. The molecule has 1 saturated heterocycles. The van der Waals surface area contributed by atoms with Crippen molar-refractivity contribution in [3.8, 4) is 0 Å². The number of tetrazole rings is 1. The van der Waals surface area contributed by atoms with E-state index in [1.807, 2.05) is 37.4 Å². The Hall–Kier alpha value is -1.79. The third kappa shape index (κ3) is 4.07. The lowest BCUT2D eigenvalue weighted by atomic mass is 9.76. The van der Waals surface area contributed by atoms with Crippen molar-refractivity contribution in [1.82, 2.24) is 25.1 Å². The van der Waals surface area contributed by atoms with Crippen LogP contribution < -0.4 is 0 Å². The monoisotopic (exact) mass is 343 g/mol. The summed E-state index contributed by atoms with van der Waals surface area (Å²) in [5.74, 6) is 0.450. The molecule has 25 heavy (non-hydrogen) atoms. The number of likely N-dealkylation sites (tertiary alicyclic amines) is 1. The number of piperidine rings is 1. The molecule has 0 bridgehead atoms. The van der Waals surface area contributed by atoms with Crippen LogP contribution in [-0.2, 0) is 7.05 Å². The maximum atomic E-state index is 11.4. The van der Waals surface area contributed by atoms with E-state index in [2.05, 4.69) is 34.3 Å². The summed E-state index contributed by atoms with van der Waals surface area (Å²) in [4.78, 5) is 2.48. The summed E-state index contributed by atoms with van der Waals surface area (Å²) in [6.45, 7) is 7.41. The maximum absolute atomic E-state index is 11.4. The number of nitrogens with zero attached hydrogens (tertiary/aromatic N) is 5. The fourth-order valence-electron chi connectivity index (χ4n) is 3.87. The second-order valence-corrected chi connectivity index (χ2v) is 7.82. The van der Waals surface area contributed by atoms with Gasteiger partial charge < -0.3 is 10.0 Å². The number of benzene rings is 1. The van der Waals surface area contributed by atoms with Crippen LogP contribution >= 0.6 is 0 Å². The van der Waals surface area contributed by atoms with Crippen LogP contribution in [0, 0.1) is 5.41 Å². The molecule has 3 rings (SSSR count). The van der Waals surface area contributed by atoms with E-state index in [1.165, 1.54) is 19.3 Å². The van der Waals surface area contributed by atoms with Gasteiger partial charge in [-0.25, -0.2) is 4.68 Å².